The number of rotatable bonds is 7. The van der Waals surface area contributed by atoms with Crippen LogP contribution >= 0.6 is 46.6 Å². The van der Waals surface area contributed by atoms with E-state index in [0.717, 1.165) is 4.90 Å². The Balaban J connectivity index is 1.64. The largest absolute Gasteiger partial charge is 0.495 e. The fourth-order valence-electron chi connectivity index (χ4n) is 2.76. The number of hydrogen-bond donors (Lipinski definition) is 2. The number of hydrogen-bond acceptors (Lipinski definition) is 4. The Labute approximate surface area is 205 Å². The molecule has 0 aliphatic heterocycles. The minimum Gasteiger partial charge on any atom is -0.495 e. The van der Waals surface area contributed by atoms with E-state index in [-0.39, 0.29) is 16.8 Å². The first-order valence-corrected chi connectivity index (χ1v) is 11.5. The number of anilines is 2. The molecular formula is C23H19Cl3N2O3S. The SMILES string of the molecule is COc1ccc(NC(=O)C(C)Sc2cccc(NC(=O)c3ccc(Cl)cc3Cl)c2)cc1Cl. The molecule has 3 aromatic carbocycles. The summed E-state index contributed by atoms with van der Waals surface area (Å²) < 4.78 is 5.12. The average molecular weight is 510 g/mol. The zero-order valence-electron chi connectivity index (χ0n) is 17.1. The lowest BCUT2D eigenvalue weighted by Gasteiger charge is -2.14. The molecule has 1 unspecified atom stereocenters. The van der Waals surface area contributed by atoms with Gasteiger partial charge in [-0.2, -0.15) is 0 Å². The standard InChI is InChI=1S/C23H19Cl3N2O3S/c1-13(22(29)27-16-7-9-21(31-2)20(26)12-16)32-17-5-3-4-15(11-17)28-23(30)18-8-6-14(24)10-19(18)25/h3-13H,1-2H3,(H,27,29)(H,28,30). The Morgan fingerprint density at radius 2 is 1.66 bits per heavy atom. The maximum Gasteiger partial charge on any atom is 0.257 e. The second-order valence-corrected chi connectivity index (χ2v) is 9.37. The van der Waals surface area contributed by atoms with E-state index < -0.39 is 5.25 Å². The van der Waals surface area contributed by atoms with Gasteiger partial charge in [0.2, 0.25) is 5.91 Å². The molecule has 0 saturated heterocycles. The van der Waals surface area contributed by atoms with Gasteiger partial charge < -0.3 is 15.4 Å². The van der Waals surface area contributed by atoms with Crippen LogP contribution in [-0.2, 0) is 4.79 Å². The van der Waals surface area contributed by atoms with Gasteiger partial charge in [0.15, 0.2) is 0 Å². The van der Waals surface area contributed by atoms with Crippen molar-refractivity contribution in [1.82, 2.24) is 0 Å². The maximum absolute atomic E-state index is 12.6. The third-order valence-electron chi connectivity index (χ3n) is 4.37. The molecule has 2 amide bonds. The van der Waals surface area contributed by atoms with Gasteiger partial charge >= 0.3 is 0 Å². The van der Waals surface area contributed by atoms with Crippen molar-refractivity contribution in [2.24, 2.45) is 0 Å². The third kappa shape index (κ3) is 6.33. The molecule has 1 atom stereocenters. The molecule has 166 valence electrons. The summed E-state index contributed by atoms with van der Waals surface area (Å²) in [4.78, 5) is 25.9. The van der Waals surface area contributed by atoms with E-state index in [1.807, 2.05) is 6.07 Å². The van der Waals surface area contributed by atoms with Crippen LogP contribution in [0.15, 0.2) is 65.6 Å². The zero-order valence-corrected chi connectivity index (χ0v) is 20.2. The zero-order chi connectivity index (χ0) is 23.3. The van der Waals surface area contributed by atoms with Crippen molar-refractivity contribution in [3.05, 3.63) is 81.3 Å². The van der Waals surface area contributed by atoms with Gasteiger partial charge in [-0.25, -0.2) is 0 Å². The summed E-state index contributed by atoms with van der Waals surface area (Å²) >= 11 is 19.5. The van der Waals surface area contributed by atoms with Gasteiger partial charge in [-0.3, -0.25) is 9.59 Å². The Kier molecular flexibility index (Phi) is 8.32. The number of halogens is 3. The summed E-state index contributed by atoms with van der Waals surface area (Å²) in [6, 6.07) is 16.9. The highest BCUT2D eigenvalue weighted by molar-refractivity contribution is 8.00. The van der Waals surface area contributed by atoms with Crippen LogP contribution in [0.3, 0.4) is 0 Å². The van der Waals surface area contributed by atoms with E-state index in [2.05, 4.69) is 10.6 Å². The molecule has 2 N–H and O–H groups in total. The molecule has 0 radical (unpaired) electrons. The number of methoxy groups -OCH3 is 1. The number of benzene rings is 3. The molecule has 0 saturated carbocycles. The van der Waals surface area contributed by atoms with Crippen molar-refractivity contribution in [3.63, 3.8) is 0 Å². The summed E-state index contributed by atoms with van der Waals surface area (Å²) in [5.41, 5.74) is 1.48. The summed E-state index contributed by atoms with van der Waals surface area (Å²) in [7, 11) is 1.53. The first kappa shape index (κ1) is 24.3. The van der Waals surface area contributed by atoms with Crippen LogP contribution in [0.1, 0.15) is 17.3 Å². The minimum absolute atomic E-state index is 0.182. The molecule has 0 aliphatic carbocycles. The lowest BCUT2D eigenvalue weighted by molar-refractivity contribution is -0.115. The van der Waals surface area contributed by atoms with Crippen molar-refractivity contribution >= 4 is 69.8 Å². The van der Waals surface area contributed by atoms with Crippen LogP contribution in [0.2, 0.25) is 15.1 Å². The van der Waals surface area contributed by atoms with E-state index >= 15 is 0 Å². The number of amides is 2. The Morgan fingerprint density at radius 3 is 2.34 bits per heavy atom. The Hall–Kier alpha value is -2.38. The van der Waals surface area contributed by atoms with Crippen LogP contribution in [0.5, 0.6) is 5.75 Å². The molecule has 0 spiro atoms. The van der Waals surface area contributed by atoms with Crippen LogP contribution in [-0.4, -0.2) is 24.2 Å². The van der Waals surface area contributed by atoms with Gasteiger partial charge in [-0.05, 0) is 61.5 Å². The van der Waals surface area contributed by atoms with Gasteiger partial charge in [-0.1, -0.05) is 40.9 Å². The molecule has 0 heterocycles. The molecule has 9 heteroatoms. The van der Waals surface area contributed by atoms with E-state index in [1.54, 1.807) is 55.5 Å². The van der Waals surface area contributed by atoms with Gasteiger partial charge in [0.25, 0.3) is 5.91 Å². The highest BCUT2D eigenvalue weighted by Crippen LogP contribution is 2.30. The normalized spacial score (nSPS) is 11.5. The monoisotopic (exact) mass is 508 g/mol. The number of thioether (sulfide) groups is 1. The quantitative estimate of drug-likeness (QED) is 0.336. The molecule has 32 heavy (non-hydrogen) atoms. The molecule has 5 nitrogen and oxygen atoms in total. The lowest BCUT2D eigenvalue weighted by Crippen LogP contribution is -2.22. The second-order valence-electron chi connectivity index (χ2n) is 6.70. The number of nitrogens with one attached hydrogen (secondary N) is 2. The second kappa shape index (κ2) is 11.0. The van der Waals surface area contributed by atoms with Crippen molar-refractivity contribution in [3.8, 4) is 5.75 Å². The number of carbonyl (C=O) groups excluding carboxylic acids is 2. The van der Waals surface area contributed by atoms with Crippen molar-refractivity contribution < 1.29 is 14.3 Å². The van der Waals surface area contributed by atoms with Crippen molar-refractivity contribution in [2.45, 2.75) is 17.1 Å². The Morgan fingerprint density at radius 1 is 0.906 bits per heavy atom. The molecule has 0 aliphatic rings. The van der Waals surface area contributed by atoms with Crippen LogP contribution in [0.25, 0.3) is 0 Å². The van der Waals surface area contributed by atoms with Crippen LogP contribution in [0.4, 0.5) is 11.4 Å². The van der Waals surface area contributed by atoms with E-state index in [0.29, 0.717) is 32.7 Å². The topological polar surface area (TPSA) is 67.4 Å². The van der Waals surface area contributed by atoms with Gasteiger partial charge in [-0.15, -0.1) is 11.8 Å². The van der Waals surface area contributed by atoms with Crippen molar-refractivity contribution in [1.29, 1.82) is 0 Å². The maximum atomic E-state index is 12.6. The molecule has 0 fully saturated rings. The van der Waals surface area contributed by atoms with Crippen LogP contribution in [0, 0.1) is 0 Å². The highest BCUT2D eigenvalue weighted by Gasteiger charge is 2.16. The average Bonchev–Trinajstić information content (AvgIpc) is 2.74. The first-order valence-electron chi connectivity index (χ1n) is 9.44. The van der Waals surface area contributed by atoms with E-state index in [9.17, 15) is 9.59 Å². The predicted molar refractivity (Wildman–Crippen MR) is 133 cm³/mol. The summed E-state index contributed by atoms with van der Waals surface area (Å²) in [6.07, 6.45) is 0. The van der Waals surface area contributed by atoms with Gasteiger partial charge in [0, 0.05) is 21.3 Å². The van der Waals surface area contributed by atoms with Crippen LogP contribution < -0.4 is 15.4 Å². The highest BCUT2D eigenvalue weighted by atomic mass is 35.5. The third-order valence-corrected chi connectivity index (χ3v) is 6.31. The fraction of sp³-hybridized carbons (Fsp3) is 0.130. The molecule has 0 aromatic heterocycles. The molecule has 0 bridgehead atoms. The predicted octanol–water partition coefficient (Wildman–Crippen LogP) is 7.03. The molecule has 3 rings (SSSR count). The minimum atomic E-state index is -0.396. The fourth-order valence-corrected chi connectivity index (χ4v) is 4.44. The number of carbonyl (C=O) groups is 2. The summed E-state index contributed by atoms with van der Waals surface area (Å²) in [5.74, 6) is 0.000416. The summed E-state index contributed by atoms with van der Waals surface area (Å²) in [6.45, 7) is 1.80. The summed E-state index contributed by atoms with van der Waals surface area (Å²) in [5, 5.41) is 6.39. The van der Waals surface area contributed by atoms with E-state index in [1.165, 1.54) is 24.9 Å². The smallest absolute Gasteiger partial charge is 0.257 e. The first-order chi connectivity index (χ1) is 15.3. The lowest BCUT2D eigenvalue weighted by atomic mass is 10.2. The van der Waals surface area contributed by atoms with E-state index in [4.69, 9.17) is 39.5 Å². The Bertz CT molecular complexity index is 1160. The van der Waals surface area contributed by atoms with Gasteiger partial charge in [0.05, 0.1) is 28.0 Å². The van der Waals surface area contributed by atoms with Gasteiger partial charge in [0.1, 0.15) is 5.75 Å². The molecular weight excluding hydrogens is 491 g/mol. The number of ether oxygens (including phenoxy) is 1. The molecule has 3 aromatic rings. The van der Waals surface area contributed by atoms with Crippen molar-refractivity contribution in [2.75, 3.05) is 17.7 Å².